The average molecular weight is 260 g/mol. The summed E-state index contributed by atoms with van der Waals surface area (Å²) in [6.45, 7) is 4.26. The number of nitrogens with zero attached hydrogens (tertiary/aromatic N) is 2. The zero-order valence-electron chi connectivity index (χ0n) is 11.4. The van der Waals surface area contributed by atoms with Crippen LogP contribution in [0.25, 0.3) is 0 Å². The Kier molecular flexibility index (Phi) is 4.62. The summed E-state index contributed by atoms with van der Waals surface area (Å²) in [4.78, 5) is 14.0. The Balaban J connectivity index is 2.20. The highest BCUT2D eigenvalue weighted by molar-refractivity contribution is 5.93. The third kappa shape index (κ3) is 3.17. The first-order chi connectivity index (χ1) is 9.26. The molecule has 102 valence electrons. The summed E-state index contributed by atoms with van der Waals surface area (Å²) < 4.78 is 4.90. The van der Waals surface area contributed by atoms with Gasteiger partial charge in [0.15, 0.2) is 0 Å². The molecule has 0 N–H and O–H groups in total. The lowest BCUT2D eigenvalue weighted by molar-refractivity contribution is -0.138. The molecule has 0 aromatic rings. The summed E-state index contributed by atoms with van der Waals surface area (Å²) in [7, 11) is 0. The Morgan fingerprint density at radius 2 is 2.11 bits per heavy atom. The molecule has 0 radical (unpaired) electrons. The number of hydrogen-bond donors (Lipinski definition) is 0. The summed E-state index contributed by atoms with van der Waals surface area (Å²) in [6, 6.07) is 1.96. The lowest BCUT2D eigenvalue weighted by Gasteiger charge is -2.20. The van der Waals surface area contributed by atoms with Crippen molar-refractivity contribution in [2.75, 3.05) is 19.7 Å². The van der Waals surface area contributed by atoms with Gasteiger partial charge in [-0.05, 0) is 50.7 Å². The molecule has 4 nitrogen and oxygen atoms in total. The number of hydrogen-bond acceptors (Lipinski definition) is 4. The molecule has 1 saturated heterocycles. The number of esters is 1. The Hall–Kier alpha value is -1.76. The molecule has 4 heteroatoms. The van der Waals surface area contributed by atoms with Crippen LogP contribution in [0.5, 0.6) is 0 Å². The van der Waals surface area contributed by atoms with Gasteiger partial charge in [0.25, 0.3) is 0 Å². The summed E-state index contributed by atoms with van der Waals surface area (Å²) in [5.74, 6) is -0.509. The fourth-order valence-electron chi connectivity index (χ4n) is 2.77. The Bertz CT molecular complexity index is 451. The maximum atomic E-state index is 11.6. The second-order valence-electron chi connectivity index (χ2n) is 4.91. The lowest BCUT2D eigenvalue weighted by atomic mass is 10.1. The van der Waals surface area contributed by atoms with E-state index in [1.165, 1.54) is 18.5 Å². The highest BCUT2D eigenvalue weighted by Crippen LogP contribution is 2.32. The van der Waals surface area contributed by atoms with E-state index >= 15 is 0 Å². The van der Waals surface area contributed by atoms with Crippen molar-refractivity contribution >= 4 is 5.97 Å². The fraction of sp³-hybridized carbons (Fsp3) is 0.600. The van der Waals surface area contributed by atoms with Crippen LogP contribution in [-0.4, -0.2) is 30.6 Å². The summed E-state index contributed by atoms with van der Waals surface area (Å²) in [6.07, 6.45) is 7.34. The molecule has 0 spiro atoms. The van der Waals surface area contributed by atoms with Crippen LogP contribution in [0.1, 0.15) is 39.0 Å². The SMILES string of the molecule is CCOC(=O)C(C#N)=CC1=C(N2CCCC2)CCC1. The van der Waals surface area contributed by atoms with Crippen LogP contribution < -0.4 is 0 Å². The third-order valence-corrected chi connectivity index (χ3v) is 3.65. The van der Waals surface area contributed by atoms with Gasteiger partial charge in [-0.3, -0.25) is 0 Å². The maximum absolute atomic E-state index is 11.6. The van der Waals surface area contributed by atoms with Crippen molar-refractivity contribution < 1.29 is 9.53 Å². The quantitative estimate of drug-likeness (QED) is 0.443. The summed E-state index contributed by atoms with van der Waals surface area (Å²) in [5.41, 5.74) is 2.59. The van der Waals surface area contributed by atoms with Crippen LogP contribution in [0, 0.1) is 11.3 Å². The Morgan fingerprint density at radius 1 is 1.37 bits per heavy atom. The number of nitriles is 1. The van der Waals surface area contributed by atoms with E-state index in [1.54, 1.807) is 13.0 Å². The zero-order valence-corrected chi connectivity index (χ0v) is 11.4. The number of allylic oxidation sites excluding steroid dienone is 3. The minimum Gasteiger partial charge on any atom is -0.462 e. The van der Waals surface area contributed by atoms with Gasteiger partial charge in [0.2, 0.25) is 0 Å². The van der Waals surface area contributed by atoms with E-state index in [-0.39, 0.29) is 5.57 Å². The standard InChI is InChI=1S/C15H20N2O2/c1-2-19-15(18)13(11-16)10-12-6-5-7-14(12)17-8-3-4-9-17/h10H,2-9H2,1H3. The molecule has 0 amide bonds. The topological polar surface area (TPSA) is 53.3 Å². The average Bonchev–Trinajstić information content (AvgIpc) is 3.06. The highest BCUT2D eigenvalue weighted by atomic mass is 16.5. The van der Waals surface area contributed by atoms with Crippen molar-refractivity contribution in [3.8, 4) is 6.07 Å². The van der Waals surface area contributed by atoms with Crippen molar-refractivity contribution in [1.29, 1.82) is 5.26 Å². The van der Waals surface area contributed by atoms with E-state index in [9.17, 15) is 4.79 Å². The van der Waals surface area contributed by atoms with Gasteiger partial charge < -0.3 is 9.64 Å². The molecule has 1 fully saturated rings. The number of rotatable bonds is 4. The molecule has 2 aliphatic rings. The predicted octanol–water partition coefficient (Wildman–Crippen LogP) is 2.53. The normalized spacial score (nSPS) is 19.8. The van der Waals surface area contributed by atoms with E-state index in [0.717, 1.165) is 37.9 Å². The molecular weight excluding hydrogens is 240 g/mol. The maximum Gasteiger partial charge on any atom is 0.348 e. The van der Waals surface area contributed by atoms with Crippen molar-refractivity contribution in [2.24, 2.45) is 0 Å². The molecule has 0 atom stereocenters. The van der Waals surface area contributed by atoms with Crippen molar-refractivity contribution in [3.05, 3.63) is 22.9 Å². The minimum atomic E-state index is -0.509. The predicted molar refractivity (Wildman–Crippen MR) is 72.0 cm³/mol. The first-order valence-electron chi connectivity index (χ1n) is 7.02. The molecule has 0 saturated carbocycles. The molecule has 19 heavy (non-hydrogen) atoms. The van der Waals surface area contributed by atoms with E-state index in [1.807, 2.05) is 6.07 Å². The van der Waals surface area contributed by atoms with E-state index in [0.29, 0.717) is 6.61 Å². The van der Waals surface area contributed by atoms with Gasteiger partial charge in [-0.1, -0.05) is 0 Å². The van der Waals surface area contributed by atoms with Crippen LogP contribution in [0.3, 0.4) is 0 Å². The first kappa shape index (κ1) is 13.7. The van der Waals surface area contributed by atoms with E-state index < -0.39 is 5.97 Å². The van der Waals surface area contributed by atoms with Crippen molar-refractivity contribution in [2.45, 2.75) is 39.0 Å². The van der Waals surface area contributed by atoms with E-state index in [4.69, 9.17) is 10.00 Å². The lowest BCUT2D eigenvalue weighted by Crippen LogP contribution is -2.18. The van der Waals surface area contributed by atoms with Crippen LogP contribution in [0.4, 0.5) is 0 Å². The third-order valence-electron chi connectivity index (χ3n) is 3.65. The van der Waals surface area contributed by atoms with E-state index in [2.05, 4.69) is 4.90 Å². The summed E-state index contributed by atoms with van der Waals surface area (Å²) in [5, 5.41) is 9.08. The van der Waals surface area contributed by atoms with Crippen LogP contribution in [0.2, 0.25) is 0 Å². The number of carbonyl (C=O) groups excluding carboxylic acids is 1. The van der Waals surface area contributed by atoms with Gasteiger partial charge in [0, 0.05) is 18.8 Å². The summed E-state index contributed by atoms with van der Waals surface area (Å²) >= 11 is 0. The highest BCUT2D eigenvalue weighted by Gasteiger charge is 2.22. The molecule has 1 aliphatic carbocycles. The molecule has 0 bridgehead atoms. The van der Waals surface area contributed by atoms with Crippen LogP contribution in [-0.2, 0) is 9.53 Å². The smallest absolute Gasteiger partial charge is 0.348 e. The molecule has 0 aromatic heterocycles. The Labute approximate surface area is 114 Å². The second kappa shape index (κ2) is 6.42. The second-order valence-corrected chi connectivity index (χ2v) is 4.91. The minimum absolute atomic E-state index is 0.121. The van der Waals surface area contributed by atoms with Crippen molar-refractivity contribution in [1.82, 2.24) is 4.90 Å². The molecular formula is C15H20N2O2. The van der Waals surface area contributed by atoms with Gasteiger partial charge in [-0.15, -0.1) is 0 Å². The number of ether oxygens (including phenoxy) is 1. The Morgan fingerprint density at radius 3 is 2.74 bits per heavy atom. The molecule has 2 rings (SSSR count). The largest absolute Gasteiger partial charge is 0.462 e. The number of likely N-dealkylation sites (tertiary alicyclic amines) is 1. The van der Waals surface area contributed by atoms with Gasteiger partial charge in [0.05, 0.1) is 6.61 Å². The molecule has 0 aromatic carbocycles. The fourth-order valence-corrected chi connectivity index (χ4v) is 2.77. The van der Waals surface area contributed by atoms with Crippen LogP contribution >= 0.6 is 0 Å². The molecule has 1 heterocycles. The molecule has 1 aliphatic heterocycles. The monoisotopic (exact) mass is 260 g/mol. The first-order valence-corrected chi connectivity index (χ1v) is 7.02. The molecule has 0 unspecified atom stereocenters. The number of carbonyl (C=O) groups is 1. The van der Waals surface area contributed by atoms with Gasteiger partial charge in [-0.2, -0.15) is 5.26 Å². The van der Waals surface area contributed by atoms with Gasteiger partial charge in [-0.25, -0.2) is 4.79 Å². The van der Waals surface area contributed by atoms with Gasteiger partial charge >= 0.3 is 5.97 Å². The van der Waals surface area contributed by atoms with Crippen molar-refractivity contribution in [3.63, 3.8) is 0 Å². The van der Waals surface area contributed by atoms with Gasteiger partial charge in [0.1, 0.15) is 11.6 Å². The van der Waals surface area contributed by atoms with Crippen LogP contribution in [0.15, 0.2) is 22.9 Å². The zero-order chi connectivity index (χ0) is 13.7.